The van der Waals surface area contributed by atoms with E-state index in [0.717, 1.165) is 5.56 Å². The van der Waals surface area contributed by atoms with Crippen molar-refractivity contribution < 1.29 is 13.2 Å². The number of nitrogens with one attached hydrogen (secondary N) is 2. The number of hydrogen-bond acceptors (Lipinski definition) is 3. The number of rotatable bonds is 6. The van der Waals surface area contributed by atoms with Gasteiger partial charge in [0.05, 0.1) is 10.9 Å². The zero-order chi connectivity index (χ0) is 16.9. The minimum Gasteiger partial charge on any atom is -0.346 e. The topological polar surface area (TPSA) is 75.3 Å². The normalized spacial score (nSPS) is 12.6. The third-order valence-corrected chi connectivity index (χ3v) is 4.97. The fourth-order valence-electron chi connectivity index (χ4n) is 2.16. The summed E-state index contributed by atoms with van der Waals surface area (Å²) in [6.07, 6.45) is 0. The molecule has 1 amide bonds. The van der Waals surface area contributed by atoms with Crippen LogP contribution in [0.4, 0.5) is 0 Å². The van der Waals surface area contributed by atoms with Crippen molar-refractivity contribution in [2.75, 3.05) is 6.54 Å². The van der Waals surface area contributed by atoms with Crippen molar-refractivity contribution in [3.8, 4) is 0 Å². The molecular formula is C17H20N2O3S. The second kappa shape index (κ2) is 7.39. The van der Waals surface area contributed by atoms with E-state index in [4.69, 9.17) is 0 Å². The van der Waals surface area contributed by atoms with Crippen molar-refractivity contribution in [1.82, 2.24) is 10.0 Å². The zero-order valence-corrected chi connectivity index (χ0v) is 13.9. The Hall–Kier alpha value is -2.18. The molecule has 23 heavy (non-hydrogen) atoms. The Labute approximate surface area is 136 Å². The Morgan fingerprint density at radius 2 is 1.65 bits per heavy atom. The summed E-state index contributed by atoms with van der Waals surface area (Å²) in [6.45, 7) is 3.93. The second-order valence-corrected chi connectivity index (χ2v) is 6.90. The molecule has 1 atom stereocenters. The first kappa shape index (κ1) is 17.2. The highest BCUT2D eigenvalue weighted by Gasteiger charge is 2.15. The largest absolute Gasteiger partial charge is 0.346 e. The molecular weight excluding hydrogens is 312 g/mol. The van der Waals surface area contributed by atoms with E-state index in [1.807, 2.05) is 37.3 Å². The van der Waals surface area contributed by atoms with Gasteiger partial charge >= 0.3 is 0 Å². The highest BCUT2D eigenvalue weighted by atomic mass is 32.2. The Morgan fingerprint density at radius 1 is 1.04 bits per heavy atom. The van der Waals surface area contributed by atoms with Crippen LogP contribution in [-0.4, -0.2) is 20.9 Å². The maximum atomic E-state index is 12.2. The summed E-state index contributed by atoms with van der Waals surface area (Å²) in [5, 5.41) is 2.89. The van der Waals surface area contributed by atoms with Crippen LogP contribution < -0.4 is 10.0 Å². The van der Waals surface area contributed by atoms with Crippen molar-refractivity contribution in [3.63, 3.8) is 0 Å². The Balaban J connectivity index is 2.09. The Bertz CT molecular complexity index is 756. The highest BCUT2D eigenvalue weighted by molar-refractivity contribution is 7.89. The van der Waals surface area contributed by atoms with E-state index in [1.165, 1.54) is 24.3 Å². The highest BCUT2D eigenvalue weighted by Crippen LogP contribution is 2.14. The van der Waals surface area contributed by atoms with Gasteiger partial charge in [-0.25, -0.2) is 13.1 Å². The third kappa shape index (κ3) is 4.40. The number of amides is 1. The number of hydrogen-bond donors (Lipinski definition) is 2. The molecule has 0 aliphatic carbocycles. The van der Waals surface area contributed by atoms with E-state index in [9.17, 15) is 13.2 Å². The molecule has 0 radical (unpaired) electrons. The molecule has 2 aromatic carbocycles. The summed E-state index contributed by atoms with van der Waals surface area (Å²) in [5.74, 6) is -0.242. The lowest BCUT2D eigenvalue weighted by molar-refractivity contribution is 0.0940. The molecule has 2 rings (SSSR count). The third-order valence-electron chi connectivity index (χ3n) is 3.41. The molecule has 0 bridgehead atoms. The van der Waals surface area contributed by atoms with E-state index in [1.54, 1.807) is 6.92 Å². The summed E-state index contributed by atoms with van der Waals surface area (Å²) in [6, 6.07) is 15.4. The van der Waals surface area contributed by atoms with E-state index in [0.29, 0.717) is 12.1 Å². The second-order valence-electron chi connectivity index (χ2n) is 5.13. The van der Waals surface area contributed by atoms with Gasteiger partial charge in [-0.05, 0) is 36.8 Å². The van der Waals surface area contributed by atoms with Crippen molar-refractivity contribution in [3.05, 3.63) is 65.7 Å². The van der Waals surface area contributed by atoms with Crippen LogP contribution in [0.3, 0.4) is 0 Å². The van der Waals surface area contributed by atoms with Gasteiger partial charge in [0.1, 0.15) is 0 Å². The summed E-state index contributed by atoms with van der Waals surface area (Å²) in [7, 11) is -3.50. The molecule has 0 spiro atoms. The molecule has 0 saturated carbocycles. The van der Waals surface area contributed by atoms with Crippen LogP contribution in [0.1, 0.15) is 35.8 Å². The summed E-state index contributed by atoms with van der Waals surface area (Å²) in [5.41, 5.74) is 1.43. The van der Waals surface area contributed by atoms with Crippen LogP contribution >= 0.6 is 0 Å². The fourth-order valence-corrected chi connectivity index (χ4v) is 3.20. The first-order valence-corrected chi connectivity index (χ1v) is 8.88. The van der Waals surface area contributed by atoms with E-state index >= 15 is 0 Å². The van der Waals surface area contributed by atoms with Crippen LogP contribution in [-0.2, 0) is 10.0 Å². The zero-order valence-electron chi connectivity index (χ0n) is 13.1. The van der Waals surface area contributed by atoms with Crippen molar-refractivity contribution in [2.45, 2.75) is 24.8 Å². The first-order chi connectivity index (χ1) is 10.9. The van der Waals surface area contributed by atoms with Crippen LogP contribution in [0.5, 0.6) is 0 Å². The molecule has 5 nitrogen and oxygen atoms in total. The molecule has 0 aromatic heterocycles. The quantitative estimate of drug-likeness (QED) is 0.853. The van der Waals surface area contributed by atoms with Gasteiger partial charge in [-0.15, -0.1) is 0 Å². The predicted molar refractivity (Wildman–Crippen MR) is 89.6 cm³/mol. The maximum Gasteiger partial charge on any atom is 0.251 e. The van der Waals surface area contributed by atoms with Crippen LogP contribution in [0.25, 0.3) is 0 Å². The SMILES string of the molecule is CCNS(=O)(=O)c1ccc(C(=O)N[C@H](C)c2ccccc2)cc1. The summed E-state index contributed by atoms with van der Waals surface area (Å²) in [4.78, 5) is 12.4. The van der Waals surface area contributed by atoms with Gasteiger partial charge in [0.15, 0.2) is 0 Å². The Morgan fingerprint density at radius 3 is 2.22 bits per heavy atom. The Kier molecular flexibility index (Phi) is 5.52. The molecule has 0 unspecified atom stereocenters. The number of sulfonamides is 1. The number of carbonyl (C=O) groups is 1. The molecule has 6 heteroatoms. The van der Waals surface area contributed by atoms with Gasteiger partial charge in [-0.2, -0.15) is 0 Å². The molecule has 0 saturated heterocycles. The lowest BCUT2D eigenvalue weighted by atomic mass is 10.1. The van der Waals surface area contributed by atoms with Gasteiger partial charge in [-0.1, -0.05) is 37.3 Å². The lowest BCUT2D eigenvalue weighted by Gasteiger charge is -2.14. The van der Waals surface area contributed by atoms with Crippen molar-refractivity contribution >= 4 is 15.9 Å². The van der Waals surface area contributed by atoms with Crippen molar-refractivity contribution in [2.24, 2.45) is 0 Å². The molecule has 2 aromatic rings. The van der Waals surface area contributed by atoms with E-state index in [2.05, 4.69) is 10.0 Å². The first-order valence-electron chi connectivity index (χ1n) is 7.39. The average Bonchev–Trinajstić information content (AvgIpc) is 2.55. The van der Waals surface area contributed by atoms with Crippen molar-refractivity contribution in [1.29, 1.82) is 0 Å². The smallest absolute Gasteiger partial charge is 0.251 e. The fraction of sp³-hybridized carbons (Fsp3) is 0.235. The van der Waals surface area contributed by atoms with Crippen LogP contribution in [0, 0.1) is 0 Å². The standard InChI is InChI=1S/C17H20N2O3S/c1-3-18-23(21,22)16-11-9-15(10-12-16)17(20)19-13(2)14-7-5-4-6-8-14/h4-13,18H,3H2,1-2H3,(H,19,20)/t13-/m1/s1. The van der Waals surface area contributed by atoms with Crippen LogP contribution in [0.2, 0.25) is 0 Å². The van der Waals surface area contributed by atoms with Gasteiger partial charge in [0.2, 0.25) is 10.0 Å². The number of carbonyl (C=O) groups excluding carboxylic acids is 1. The van der Waals surface area contributed by atoms with Gasteiger partial charge in [-0.3, -0.25) is 4.79 Å². The molecule has 0 aliphatic heterocycles. The van der Waals surface area contributed by atoms with E-state index < -0.39 is 10.0 Å². The van der Waals surface area contributed by atoms with Crippen LogP contribution in [0.15, 0.2) is 59.5 Å². The lowest BCUT2D eigenvalue weighted by Crippen LogP contribution is -2.27. The monoisotopic (exact) mass is 332 g/mol. The number of benzene rings is 2. The summed E-state index contributed by atoms with van der Waals surface area (Å²) < 4.78 is 26.1. The average molecular weight is 332 g/mol. The molecule has 0 heterocycles. The predicted octanol–water partition coefficient (Wildman–Crippen LogP) is 2.48. The van der Waals surface area contributed by atoms with Gasteiger partial charge < -0.3 is 5.32 Å². The minimum absolute atomic E-state index is 0.131. The molecule has 122 valence electrons. The minimum atomic E-state index is -3.50. The van der Waals surface area contributed by atoms with Gasteiger partial charge in [0.25, 0.3) is 5.91 Å². The van der Waals surface area contributed by atoms with E-state index in [-0.39, 0.29) is 16.8 Å². The van der Waals surface area contributed by atoms with Gasteiger partial charge in [0, 0.05) is 12.1 Å². The molecule has 2 N–H and O–H groups in total. The maximum absolute atomic E-state index is 12.2. The summed E-state index contributed by atoms with van der Waals surface area (Å²) >= 11 is 0. The molecule has 0 aliphatic rings. The molecule has 0 fully saturated rings.